The Bertz CT molecular complexity index is 361. The van der Waals surface area contributed by atoms with E-state index in [1.165, 1.54) is 0 Å². The lowest BCUT2D eigenvalue weighted by molar-refractivity contribution is 0.149. The fourth-order valence-corrected chi connectivity index (χ4v) is 2.08. The van der Waals surface area contributed by atoms with Gasteiger partial charge in [0, 0.05) is 11.6 Å². The van der Waals surface area contributed by atoms with Crippen LogP contribution in [0.15, 0.2) is 18.2 Å². The van der Waals surface area contributed by atoms with Crippen LogP contribution in [0.2, 0.25) is 0 Å². The molecule has 96 valence electrons. The Morgan fingerprint density at radius 3 is 2.47 bits per heavy atom. The maximum absolute atomic E-state index is 10.0. The minimum Gasteiger partial charge on any atom is -0.483 e. The average Bonchev–Trinajstić information content (AvgIpc) is 2.30. The van der Waals surface area contributed by atoms with Crippen LogP contribution in [-0.2, 0) is 0 Å². The summed E-state index contributed by atoms with van der Waals surface area (Å²) in [6, 6.07) is 5.02. The summed E-state index contributed by atoms with van der Waals surface area (Å²) < 4.78 is 11.9. The number of halogens is 2. The Hall–Kier alpha value is 0.200. The van der Waals surface area contributed by atoms with Crippen molar-refractivity contribution in [2.24, 2.45) is 5.73 Å². The third-order valence-corrected chi connectivity index (χ3v) is 2.85. The van der Waals surface area contributed by atoms with Crippen molar-refractivity contribution in [3.8, 4) is 11.5 Å². The average molecular weight is 463 g/mol. The van der Waals surface area contributed by atoms with E-state index < -0.39 is 6.10 Å². The van der Waals surface area contributed by atoms with E-state index in [-0.39, 0.29) is 6.04 Å². The van der Waals surface area contributed by atoms with Crippen molar-refractivity contribution in [2.45, 2.75) is 19.1 Å². The van der Waals surface area contributed by atoms with Gasteiger partial charge in [-0.2, -0.15) is 0 Å². The zero-order chi connectivity index (χ0) is 12.8. The number of hydrogen-bond acceptors (Lipinski definition) is 4. The summed E-state index contributed by atoms with van der Waals surface area (Å²) in [4.78, 5) is 0. The highest BCUT2D eigenvalue weighted by molar-refractivity contribution is 14.1. The summed E-state index contributed by atoms with van der Waals surface area (Å²) in [5.74, 6) is 1.35. The smallest absolute Gasteiger partial charge is 0.139 e. The quantitative estimate of drug-likeness (QED) is 0.504. The Labute approximate surface area is 128 Å². The number of ether oxygens (including phenoxy) is 2. The van der Waals surface area contributed by atoms with Gasteiger partial charge >= 0.3 is 0 Å². The lowest BCUT2D eigenvalue weighted by Gasteiger charge is -2.19. The third kappa shape index (κ3) is 4.42. The van der Waals surface area contributed by atoms with Crippen molar-refractivity contribution in [3.63, 3.8) is 0 Å². The molecule has 0 heterocycles. The van der Waals surface area contributed by atoms with Gasteiger partial charge in [-0.1, -0.05) is 0 Å². The summed E-state index contributed by atoms with van der Waals surface area (Å²) in [6.45, 7) is 1.75. The van der Waals surface area contributed by atoms with E-state index in [2.05, 4.69) is 45.2 Å². The molecule has 1 rings (SSSR count). The highest BCUT2D eigenvalue weighted by Gasteiger charge is 2.18. The predicted octanol–water partition coefficient (Wildman–Crippen LogP) is 2.61. The molecule has 1 unspecified atom stereocenters. The molecule has 0 aliphatic rings. The van der Waals surface area contributed by atoms with Crippen molar-refractivity contribution in [3.05, 3.63) is 23.8 Å². The molecule has 3 N–H and O–H groups in total. The first kappa shape index (κ1) is 15.3. The molecule has 6 heteroatoms. The second-order valence-corrected chi connectivity index (χ2v) is 4.76. The van der Waals surface area contributed by atoms with Gasteiger partial charge in [-0.05, 0) is 70.3 Å². The van der Waals surface area contributed by atoms with E-state index in [1.807, 2.05) is 6.07 Å². The standard InChI is InChI=1S/C11H15I2NO3/c1-7(14)11(15)9-4-8(16-5-12)2-3-10(9)17-6-13/h2-4,7,11,15H,5-6,14H2,1H3/t7-,11?/m1/s1. The maximum atomic E-state index is 10.0. The SMILES string of the molecule is C[C@@H](N)C(O)c1cc(OCI)ccc1OCI. The second kappa shape index (κ2) is 7.59. The third-order valence-electron chi connectivity index (χ3n) is 2.23. The normalized spacial score (nSPS) is 14.2. The van der Waals surface area contributed by atoms with Crippen LogP contribution in [0, 0.1) is 0 Å². The van der Waals surface area contributed by atoms with Crippen molar-refractivity contribution >= 4 is 45.2 Å². The Morgan fingerprint density at radius 1 is 1.29 bits per heavy atom. The summed E-state index contributed by atoms with van der Waals surface area (Å²) in [5.41, 5.74) is 6.37. The van der Waals surface area contributed by atoms with E-state index in [9.17, 15) is 5.11 Å². The van der Waals surface area contributed by atoms with Crippen LogP contribution in [0.4, 0.5) is 0 Å². The molecule has 0 bridgehead atoms. The summed E-state index contributed by atoms with van der Waals surface area (Å²) in [5, 5.41) is 10.0. The molecule has 4 nitrogen and oxygen atoms in total. The molecule has 1 aromatic rings. The molecule has 0 fully saturated rings. The zero-order valence-electron chi connectivity index (χ0n) is 9.40. The van der Waals surface area contributed by atoms with Crippen molar-refractivity contribution in [2.75, 3.05) is 9.23 Å². The molecule has 0 amide bonds. The van der Waals surface area contributed by atoms with Crippen molar-refractivity contribution in [1.29, 1.82) is 0 Å². The van der Waals surface area contributed by atoms with E-state index in [4.69, 9.17) is 15.2 Å². The number of aliphatic hydroxyl groups is 1. The van der Waals surface area contributed by atoms with Crippen LogP contribution in [-0.4, -0.2) is 20.4 Å². The van der Waals surface area contributed by atoms with Gasteiger partial charge in [0.15, 0.2) is 0 Å². The Kier molecular flexibility index (Phi) is 6.82. The fourth-order valence-electron chi connectivity index (χ4n) is 1.38. The van der Waals surface area contributed by atoms with Crippen LogP contribution in [0.1, 0.15) is 18.6 Å². The first-order chi connectivity index (χ1) is 8.10. The lowest BCUT2D eigenvalue weighted by Crippen LogP contribution is -2.24. The van der Waals surface area contributed by atoms with E-state index >= 15 is 0 Å². The van der Waals surface area contributed by atoms with Gasteiger partial charge in [-0.3, -0.25) is 0 Å². The first-order valence-corrected chi connectivity index (χ1v) is 8.10. The van der Waals surface area contributed by atoms with Gasteiger partial charge in [0.05, 0.1) is 6.10 Å². The van der Waals surface area contributed by atoms with Crippen LogP contribution in [0.5, 0.6) is 11.5 Å². The van der Waals surface area contributed by atoms with Gasteiger partial charge in [0.2, 0.25) is 0 Å². The summed E-state index contributed by atoms with van der Waals surface area (Å²) in [7, 11) is 0. The van der Waals surface area contributed by atoms with E-state index in [1.54, 1.807) is 19.1 Å². The second-order valence-electron chi connectivity index (χ2n) is 3.51. The minimum absolute atomic E-state index is 0.360. The molecule has 0 saturated heterocycles. The fraction of sp³-hybridized carbons (Fsp3) is 0.455. The minimum atomic E-state index is -0.759. The van der Waals surface area contributed by atoms with Crippen LogP contribution in [0.3, 0.4) is 0 Å². The Morgan fingerprint density at radius 2 is 1.94 bits per heavy atom. The van der Waals surface area contributed by atoms with Gasteiger partial charge in [0.1, 0.15) is 20.7 Å². The van der Waals surface area contributed by atoms with E-state index in [0.29, 0.717) is 26.3 Å². The highest BCUT2D eigenvalue weighted by Crippen LogP contribution is 2.31. The number of hydrogen-bond donors (Lipinski definition) is 2. The number of rotatable bonds is 6. The van der Waals surface area contributed by atoms with E-state index in [0.717, 1.165) is 0 Å². The molecule has 2 atom stereocenters. The molecule has 0 saturated carbocycles. The van der Waals surface area contributed by atoms with Gasteiger partial charge < -0.3 is 20.3 Å². The maximum Gasteiger partial charge on any atom is 0.139 e. The highest BCUT2D eigenvalue weighted by atomic mass is 127. The molecule has 1 aromatic carbocycles. The van der Waals surface area contributed by atoms with Crippen LogP contribution in [0.25, 0.3) is 0 Å². The Balaban J connectivity index is 3.05. The molecule has 0 radical (unpaired) electrons. The van der Waals surface area contributed by atoms with Crippen molar-refractivity contribution < 1.29 is 14.6 Å². The molecule has 17 heavy (non-hydrogen) atoms. The number of nitrogens with two attached hydrogens (primary N) is 1. The molecular weight excluding hydrogens is 448 g/mol. The lowest BCUT2D eigenvalue weighted by atomic mass is 10.0. The number of alkyl halides is 2. The predicted molar refractivity (Wildman–Crippen MR) is 84.1 cm³/mol. The van der Waals surface area contributed by atoms with Gasteiger partial charge in [0.25, 0.3) is 0 Å². The molecular formula is C11H15I2NO3. The molecule has 0 aromatic heterocycles. The van der Waals surface area contributed by atoms with Crippen molar-refractivity contribution in [1.82, 2.24) is 0 Å². The number of benzene rings is 1. The van der Waals surface area contributed by atoms with Crippen LogP contribution < -0.4 is 15.2 Å². The number of aliphatic hydroxyl groups excluding tert-OH is 1. The molecule has 0 spiro atoms. The summed E-state index contributed by atoms with van der Waals surface area (Å²) in [6.07, 6.45) is -0.759. The topological polar surface area (TPSA) is 64.7 Å². The van der Waals surface area contributed by atoms with Gasteiger partial charge in [-0.15, -0.1) is 0 Å². The van der Waals surface area contributed by atoms with Crippen LogP contribution >= 0.6 is 45.2 Å². The molecule has 0 aliphatic heterocycles. The zero-order valence-corrected chi connectivity index (χ0v) is 13.7. The largest absolute Gasteiger partial charge is 0.483 e. The monoisotopic (exact) mass is 463 g/mol. The van der Waals surface area contributed by atoms with Gasteiger partial charge in [-0.25, -0.2) is 0 Å². The molecule has 0 aliphatic carbocycles. The first-order valence-electron chi connectivity index (χ1n) is 5.05. The summed E-state index contributed by atoms with van der Waals surface area (Å²) >= 11 is 4.22.